The second kappa shape index (κ2) is 6.70. The number of hydrogen-bond donors (Lipinski definition) is 0. The van der Waals surface area contributed by atoms with Gasteiger partial charge in [0.15, 0.2) is 0 Å². The van der Waals surface area contributed by atoms with Gasteiger partial charge in [0.25, 0.3) is 0 Å². The van der Waals surface area contributed by atoms with Crippen molar-refractivity contribution in [2.75, 3.05) is 24.6 Å². The first-order chi connectivity index (χ1) is 9.92. The van der Waals surface area contributed by atoms with E-state index in [0.717, 1.165) is 56.9 Å². The lowest BCUT2D eigenvalue weighted by atomic mass is 10.1. The predicted molar refractivity (Wildman–Crippen MR) is 77.8 cm³/mol. The highest BCUT2D eigenvalue weighted by molar-refractivity contribution is 5.86. The van der Waals surface area contributed by atoms with Crippen molar-refractivity contribution < 1.29 is 9.57 Å². The molecule has 0 radical (unpaired) electrons. The minimum absolute atomic E-state index is 0.134. The van der Waals surface area contributed by atoms with Gasteiger partial charge < -0.3 is 14.5 Å². The zero-order valence-electron chi connectivity index (χ0n) is 11.7. The maximum atomic E-state index is 5.51. The highest BCUT2D eigenvalue weighted by Gasteiger charge is 2.18. The van der Waals surface area contributed by atoms with Gasteiger partial charge in [-0.05, 0) is 25.0 Å². The van der Waals surface area contributed by atoms with E-state index >= 15 is 0 Å². The molecule has 2 fully saturated rings. The first-order valence-corrected chi connectivity index (χ1v) is 7.41. The zero-order chi connectivity index (χ0) is 13.6. The summed E-state index contributed by atoms with van der Waals surface area (Å²) < 4.78 is 5.51. The molecule has 1 atom stereocenters. The van der Waals surface area contributed by atoms with Crippen LogP contribution in [0.15, 0.2) is 29.6 Å². The Balaban J connectivity index is 1.48. The molecular weight excluding hydrogens is 254 g/mol. The molecule has 3 heterocycles. The number of aromatic nitrogens is 1. The van der Waals surface area contributed by atoms with Crippen molar-refractivity contribution >= 4 is 11.5 Å². The zero-order valence-corrected chi connectivity index (χ0v) is 11.7. The molecular formula is C15H21N3O2. The Labute approximate surface area is 119 Å². The third-order valence-corrected chi connectivity index (χ3v) is 3.75. The highest BCUT2D eigenvalue weighted by atomic mass is 16.8. The minimum atomic E-state index is -0.134. The van der Waals surface area contributed by atoms with Crippen molar-refractivity contribution in [2.24, 2.45) is 5.16 Å². The molecule has 5 heteroatoms. The van der Waals surface area contributed by atoms with E-state index in [2.05, 4.69) is 21.1 Å². The molecule has 0 bridgehead atoms. The molecule has 20 heavy (non-hydrogen) atoms. The third-order valence-electron chi connectivity index (χ3n) is 3.75. The molecule has 0 spiro atoms. The lowest BCUT2D eigenvalue weighted by Gasteiger charge is -2.28. The molecule has 1 unspecified atom stereocenters. The molecule has 108 valence electrons. The number of nitrogens with zero attached hydrogens (tertiary/aromatic N) is 3. The summed E-state index contributed by atoms with van der Waals surface area (Å²) in [7, 11) is 0. The van der Waals surface area contributed by atoms with Crippen molar-refractivity contribution in [2.45, 2.75) is 38.4 Å². The fourth-order valence-corrected chi connectivity index (χ4v) is 2.55. The molecule has 0 amide bonds. The van der Waals surface area contributed by atoms with E-state index in [1.165, 1.54) is 6.42 Å². The SMILES string of the molecule is c1ccc(N2CCC(=NOC3CCCCO3)CC2)nc1. The summed E-state index contributed by atoms with van der Waals surface area (Å²) in [5.74, 6) is 1.04. The Bertz CT molecular complexity index is 434. The molecule has 0 aliphatic carbocycles. The summed E-state index contributed by atoms with van der Waals surface area (Å²) in [5, 5.41) is 4.28. The Morgan fingerprint density at radius 2 is 2.15 bits per heavy atom. The first-order valence-electron chi connectivity index (χ1n) is 7.41. The van der Waals surface area contributed by atoms with E-state index in [9.17, 15) is 0 Å². The van der Waals surface area contributed by atoms with E-state index in [0.29, 0.717) is 0 Å². The maximum absolute atomic E-state index is 5.51. The van der Waals surface area contributed by atoms with Crippen LogP contribution in [-0.2, 0) is 9.57 Å². The van der Waals surface area contributed by atoms with E-state index < -0.39 is 0 Å². The number of hydrogen-bond acceptors (Lipinski definition) is 5. The standard InChI is InChI=1S/C15H21N3O2/c1-3-9-16-14(5-1)18-10-7-13(8-11-18)17-20-15-6-2-4-12-19-15/h1,3,5,9,15H,2,4,6-8,10-12H2. The van der Waals surface area contributed by atoms with Crippen LogP contribution in [0.3, 0.4) is 0 Å². The molecule has 0 saturated carbocycles. The van der Waals surface area contributed by atoms with Crippen LogP contribution in [0.4, 0.5) is 5.82 Å². The largest absolute Gasteiger partial charge is 0.364 e. The molecule has 0 aromatic carbocycles. The Morgan fingerprint density at radius 3 is 2.85 bits per heavy atom. The Morgan fingerprint density at radius 1 is 1.25 bits per heavy atom. The van der Waals surface area contributed by atoms with Crippen LogP contribution in [0.25, 0.3) is 0 Å². The summed E-state index contributed by atoms with van der Waals surface area (Å²) in [6, 6.07) is 6.02. The number of anilines is 1. The second-order valence-electron chi connectivity index (χ2n) is 5.23. The fourth-order valence-electron chi connectivity index (χ4n) is 2.55. The Kier molecular flexibility index (Phi) is 4.48. The van der Waals surface area contributed by atoms with Crippen LogP contribution in [-0.4, -0.2) is 36.7 Å². The lowest BCUT2D eigenvalue weighted by molar-refractivity contribution is -0.162. The smallest absolute Gasteiger partial charge is 0.226 e. The molecule has 3 rings (SSSR count). The van der Waals surface area contributed by atoms with Crippen molar-refractivity contribution in [3.8, 4) is 0 Å². The van der Waals surface area contributed by atoms with Crippen molar-refractivity contribution in [1.82, 2.24) is 4.98 Å². The van der Waals surface area contributed by atoms with E-state index in [1.54, 1.807) is 0 Å². The van der Waals surface area contributed by atoms with Gasteiger partial charge in [0, 0.05) is 38.5 Å². The number of oxime groups is 1. The van der Waals surface area contributed by atoms with Gasteiger partial charge in [-0.3, -0.25) is 0 Å². The molecule has 5 nitrogen and oxygen atoms in total. The van der Waals surface area contributed by atoms with E-state index in [4.69, 9.17) is 9.57 Å². The van der Waals surface area contributed by atoms with Crippen LogP contribution in [0, 0.1) is 0 Å². The van der Waals surface area contributed by atoms with Gasteiger partial charge in [0.1, 0.15) is 5.82 Å². The van der Waals surface area contributed by atoms with Crippen LogP contribution >= 0.6 is 0 Å². The topological polar surface area (TPSA) is 47.0 Å². The summed E-state index contributed by atoms with van der Waals surface area (Å²) in [6.07, 6.45) is 6.83. The second-order valence-corrected chi connectivity index (χ2v) is 5.23. The molecule has 1 aromatic rings. The van der Waals surface area contributed by atoms with Gasteiger partial charge in [0.05, 0.1) is 12.3 Å². The Hall–Kier alpha value is -1.62. The van der Waals surface area contributed by atoms with Gasteiger partial charge in [-0.1, -0.05) is 11.2 Å². The fraction of sp³-hybridized carbons (Fsp3) is 0.600. The first kappa shape index (κ1) is 13.4. The molecule has 0 N–H and O–H groups in total. The number of piperidine rings is 1. The molecule has 2 aliphatic rings. The lowest BCUT2D eigenvalue weighted by Crippen LogP contribution is -2.34. The quantitative estimate of drug-likeness (QED) is 0.795. The average molecular weight is 275 g/mol. The maximum Gasteiger partial charge on any atom is 0.226 e. The normalized spacial score (nSPS) is 23.5. The number of pyridine rings is 1. The van der Waals surface area contributed by atoms with Gasteiger partial charge in [-0.2, -0.15) is 0 Å². The third kappa shape index (κ3) is 3.48. The molecule has 2 saturated heterocycles. The van der Waals surface area contributed by atoms with Crippen molar-refractivity contribution in [3.63, 3.8) is 0 Å². The monoisotopic (exact) mass is 275 g/mol. The summed E-state index contributed by atoms with van der Waals surface area (Å²) >= 11 is 0. The van der Waals surface area contributed by atoms with Crippen molar-refractivity contribution in [1.29, 1.82) is 0 Å². The number of rotatable bonds is 3. The minimum Gasteiger partial charge on any atom is -0.364 e. The van der Waals surface area contributed by atoms with E-state index in [1.807, 2.05) is 18.3 Å². The summed E-state index contributed by atoms with van der Waals surface area (Å²) in [6.45, 7) is 2.69. The van der Waals surface area contributed by atoms with Crippen LogP contribution in [0.1, 0.15) is 32.1 Å². The van der Waals surface area contributed by atoms with E-state index in [-0.39, 0.29) is 6.29 Å². The van der Waals surface area contributed by atoms with Crippen LogP contribution in [0.2, 0.25) is 0 Å². The van der Waals surface area contributed by atoms with Gasteiger partial charge >= 0.3 is 0 Å². The molecule has 2 aliphatic heterocycles. The molecule has 1 aromatic heterocycles. The van der Waals surface area contributed by atoms with Gasteiger partial charge in [0.2, 0.25) is 6.29 Å². The summed E-state index contributed by atoms with van der Waals surface area (Å²) in [4.78, 5) is 12.2. The van der Waals surface area contributed by atoms with Crippen molar-refractivity contribution in [3.05, 3.63) is 24.4 Å². The van der Waals surface area contributed by atoms with Gasteiger partial charge in [-0.25, -0.2) is 4.98 Å². The summed E-state index contributed by atoms with van der Waals surface area (Å²) in [5.41, 5.74) is 1.13. The van der Waals surface area contributed by atoms with Crippen LogP contribution in [0.5, 0.6) is 0 Å². The number of ether oxygens (including phenoxy) is 1. The highest BCUT2D eigenvalue weighted by Crippen LogP contribution is 2.17. The predicted octanol–water partition coefficient (Wildman–Crippen LogP) is 2.58. The van der Waals surface area contributed by atoms with Crippen LogP contribution < -0.4 is 4.90 Å². The average Bonchev–Trinajstić information content (AvgIpc) is 2.55. The van der Waals surface area contributed by atoms with Gasteiger partial charge in [-0.15, -0.1) is 0 Å².